The molecule has 0 spiro atoms. The monoisotopic (exact) mass is 426 g/mol. The molecule has 0 fully saturated rings. The maximum absolute atomic E-state index is 12.7. The first-order chi connectivity index (χ1) is 14.3. The smallest absolute Gasteiger partial charge is 0.263 e. The van der Waals surface area contributed by atoms with Crippen molar-refractivity contribution in [2.75, 3.05) is 4.72 Å². The molecule has 0 atom stereocenters. The van der Waals surface area contributed by atoms with Gasteiger partial charge < -0.3 is 9.51 Å². The van der Waals surface area contributed by atoms with Crippen LogP contribution >= 0.6 is 0 Å². The van der Waals surface area contributed by atoms with Gasteiger partial charge in [-0.15, -0.1) is 0 Å². The molecule has 30 heavy (non-hydrogen) atoms. The fourth-order valence-corrected chi connectivity index (χ4v) is 4.37. The van der Waals surface area contributed by atoms with Crippen molar-refractivity contribution in [1.82, 2.24) is 15.1 Å². The number of rotatable bonds is 4. The second kappa shape index (κ2) is 8.71. The molecule has 0 aliphatic heterocycles. The van der Waals surface area contributed by atoms with Crippen LogP contribution in [0.15, 0.2) is 51.9 Å². The van der Waals surface area contributed by atoms with E-state index in [-0.39, 0.29) is 10.9 Å². The van der Waals surface area contributed by atoms with Crippen LogP contribution in [0.5, 0.6) is 0 Å². The van der Waals surface area contributed by atoms with Crippen molar-refractivity contribution >= 4 is 27.0 Å². The van der Waals surface area contributed by atoms with Gasteiger partial charge >= 0.3 is 0 Å². The van der Waals surface area contributed by atoms with E-state index < -0.39 is 10.0 Å². The first-order valence-electron chi connectivity index (χ1n) is 9.85. The molecule has 0 radical (unpaired) electrons. The zero-order valence-corrected chi connectivity index (χ0v) is 18.6. The summed E-state index contributed by atoms with van der Waals surface area (Å²) in [5.74, 6) is 0.915. The number of sulfonamides is 1. The summed E-state index contributed by atoms with van der Waals surface area (Å²) in [6.07, 6.45) is 9.20. The molecular formula is C22H26N4O3S. The van der Waals surface area contributed by atoms with E-state index in [1.165, 1.54) is 0 Å². The number of anilines is 1. The average Bonchev–Trinajstić information content (AvgIpc) is 3.12. The van der Waals surface area contributed by atoms with E-state index >= 15 is 0 Å². The molecule has 3 aromatic rings. The second-order valence-electron chi connectivity index (χ2n) is 6.71. The summed E-state index contributed by atoms with van der Waals surface area (Å²) in [7, 11) is -3.72. The van der Waals surface area contributed by atoms with Crippen molar-refractivity contribution < 1.29 is 12.9 Å². The molecule has 1 aliphatic carbocycles. The van der Waals surface area contributed by atoms with Gasteiger partial charge in [0.05, 0.1) is 21.6 Å². The molecular weight excluding hydrogens is 400 g/mol. The molecule has 0 amide bonds. The lowest BCUT2D eigenvalue weighted by molar-refractivity contribution is 0.393. The average molecular weight is 427 g/mol. The topological polar surface area (TPSA) is 101 Å². The Morgan fingerprint density at radius 1 is 1.13 bits per heavy atom. The molecule has 8 heteroatoms. The van der Waals surface area contributed by atoms with Crippen molar-refractivity contribution in [1.29, 1.82) is 0 Å². The zero-order chi connectivity index (χ0) is 21.9. The second-order valence-corrected chi connectivity index (χ2v) is 8.39. The van der Waals surface area contributed by atoms with Crippen LogP contribution in [0.4, 0.5) is 5.95 Å². The molecule has 2 heterocycles. The van der Waals surface area contributed by atoms with Crippen molar-refractivity contribution in [3.05, 3.63) is 64.4 Å². The molecule has 0 saturated heterocycles. The Balaban J connectivity index is 0.00000124. The van der Waals surface area contributed by atoms with Crippen LogP contribution in [0.1, 0.15) is 37.3 Å². The number of fused-ring (bicyclic) bond motifs is 1. The standard InChI is InChI=1S/C20H20N4O3S.C2H6/c1-12-10-15(18-13(2)23-27-14(18)3)11-17-19(12)22-20(21-17)24-28(25,26)16-8-6-4-5-7-9-16;1-2/h4-6,8-11H,7H2,1-3H3,(H2,21,22,24);1-2H3. The van der Waals surface area contributed by atoms with Gasteiger partial charge in [-0.25, -0.2) is 18.1 Å². The number of hydrogen-bond acceptors (Lipinski definition) is 5. The Bertz CT molecular complexity index is 1240. The van der Waals surface area contributed by atoms with Crippen LogP contribution < -0.4 is 4.72 Å². The van der Waals surface area contributed by atoms with Gasteiger partial charge in [0, 0.05) is 5.56 Å². The number of aryl methyl sites for hydroxylation is 3. The predicted octanol–water partition coefficient (Wildman–Crippen LogP) is 5.31. The number of aromatic amines is 1. The van der Waals surface area contributed by atoms with Crippen molar-refractivity contribution in [3.8, 4) is 11.1 Å². The first-order valence-corrected chi connectivity index (χ1v) is 11.3. The molecule has 1 aromatic carbocycles. The van der Waals surface area contributed by atoms with Crippen LogP contribution in [-0.2, 0) is 10.0 Å². The number of imidazole rings is 1. The summed E-state index contributed by atoms with van der Waals surface area (Å²) in [6, 6.07) is 3.92. The molecule has 7 nitrogen and oxygen atoms in total. The fraction of sp³-hybridized carbons (Fsp3) is 0.273. The SMILES string of the molecule is CC.Cc1noc(C)c1-c1cc(C)c2nc(NS(=O)(=O)C3=CCC=CC=C3)[nH]c2c1. The van der Waals surface area contributed by atoms with E-state index in [0.29, 0.717) is 11.9 Å². The van der Waals surface area contributed by atoms with Crippen LogP contribution in [0.25, 0.3) is 22.2 Å². The highest BCUT2D eigenvalue weighted by molar-refractivity contribution is 7.96. The highest BCUT2D eigenvalue weighted by Gasteiger charge is 2.19. The molecule has 0 saturated carbocycles. The molecule has 2 aromatic heterocycles. The number of nitrogens with one attached hydrogen (secondary N) is 2. The van der Waals surface area contributed by atoms with Crippen molar-refractivity contribution in [2.24, 2.45) is 0 Å². The van der Waals surface area contributed by atoms with Crippen LogP contribution in [0, 0.1) is 20.8 Å². The minimum atomic E-state index is -3.72. The number of nitrogens with zero attached hydrogens (tertiary/aromatic N) is 2. The van der Waals surface area contributed by atoms with Gasteiger partial charge in [-0.2, -0.15) is 0 Å². The van der Waals surface area contributed by atoms with E-state index in [4.69, 9.17) is 4.52 Å². The minimum Gasteiger partial charge on any atom is -0.361 e. The summed E-state index contributed by atoms with van der Waals surface area (Å²) in [5.41, 5.74) is 5.05. The lowest BCUT2D eigenvalue weighted by Crippen LogP contribution is -2.15. The summed E-state index contributed by atoms with van der Waals surface area (Å²) < 4.78 is 33.1. The predicted molar refractivity (Wildman–Crippen MR) is 121 cm³/mol. The lowest BCUT2D eigenvalue weighted by Gasteiger charge is -2.05. The molecule has 158 valence electrons. The Kier molecular flexibility index (Phi) is 6.26. The van der Waals surface area contributed by atoms with Gasteiger partial charge in [0.25, 0.3) is 10.0 Å². The number of H-pyrrole nitrogens is 1. The Labute approximate surface area is 176 Å². The summed E-state index contributed by atoms with van der Waals surface area (Å²) in [4.78, 5) is 7.71. The van der Waals surface area contributed by atoms with Crippen molar-refractivity contribution in [3.63, 3.8) is 0 Å². The Morgan fingerprint density at radius 2 is 1.90 bits per heavy atom. The third-order valence-electron chi connectivity index (χ3n) is 4.60. The fourth-order valence-electron chi connectivity index (χ4n) is 3.32. The largest absolute Gasteiger partial charge is 0.361 e. The molecule has 0 unspecified atom stereocenters. The number of allylic oxidation sites excluding steroid dienone is 5. The molecule has 0 bridgehead atoms. The van der Waals surface area contributed by atoms with E-state index in [0.717, 1.165) is 33.7 Å². The molecule has 1 aliphatic rings. The van der Waals surface area contributed by atoms with Gasteiger partial charge in [0.2, 0.25) is 5.95 Å². The van der Waals surface area contributed by atoms with Crippen molar-refractivity contribution in [2.45, 2.75) is 41.0 Å². The number of aromatic nitrogens is 3. The van der Waals surface area contributed by atoms with Crippen LogP contribution in [0.3, 0.4) is 0 Å². The highest BCUT2D eigenvalue weighted by atomic mass is 32.2. The maximum atomic E-state index is 12.7. The molecule has 4 rings (SSSR count). The van der Waals surface area contributed by atoms with Crippen LogP contribution in [0.2, 0.25) is 0 Å². The molecule has 2 N–H and O–H groups in total. The first kappa shape index (κ1) is 21.6. The quantitative estimate of drug-likeness (QED) is 0.589. The highest BCUT2D eigenvalue weighted by Crippen LogP contribution is 2.31. The van der Waals surface area contributed by atoms with Gasteiger partial charge in [0.15, 0.2) is 0 Å². The van der Waals surface area contributed by atoms with Crippen LogP contribution in [-0.4, -0.2) is 23.5 Å². The third-order valence-corrected chi connectivity index (χ3v) is 5.99. The number of benzene rings is 1. The van der Waals surface area contributed by atoms with Gasteiger partial charge in [-0.1, -0.05) is 43.3 Å². The summed E-state index contributed by atoms with van der Waals surface area (Å²) in [6.45, 7) is 9.69. The minimum absolute atomic E-state index is 0.181. The lowest BCUT2D eigenvalue weighted by atomic mass is 10.0. The van der Waals surface area contributed by atoms with Gasteiger partial charge in [-0.3, -0.25) is 0 Å². The normalized spacial score (nSPS) is 13.6. The van der Waals surface area contributed by atoms with E-state index in [2.05, 4.69) is 19.8 Å². The zero-order valence-electron chi connectivity index (χ0n) is 17.8. The summed E-state index contributed by atoms with van der Waals surface area (Å²) in [5, 5.41) is 4.01. The maximum Gasteiger partial charge on any atom is 0.263 e. The number of hydrogen-bond donors (Lipinski definition) is 2. The van der Waals surface area contributed by atoms with E-state index in [1.54, 1.807) is 18.2 Å². The third kappa shape index (κ3) is 4.23. The van der Waals surface area contributed by atoms with Gasteiger partial charge in [-0.05, 0) is 56.5 Å². The Morgan fingerprint density at radius 3 is 2.60 bits per heavy atom. The van der Waals surface area contributed by atoms with E-state index in [9.17, 15) is 8.42 Å². The van der Waals surface area contributed by atoms with Gasteiger partial charge in [0.1, 0.15) is 5.76 Å². The van der Waals surface area contributed by atoms with E-state index in [1.807, 2.05) is 58.9 Å². The summed E-state index contributed by atoms with van der Waals surface area (Å²) >= 11 is 0. The Hall–Kier alpha value is -3.13.